The third-order valence-electron chi connectivity index (χ3n) is 3.60. The zero-order valence-electron chi connectivity index (χ0n) is 14.9. The van der Waals surface area contributed by atoms with Crippen molar-refractivity contribution in [2.24, 2.45) is 0 Å². The fourth-order valence-corrected chi connectivity index (χ4v) is 3.42. The molecule has 144 valence electrons. The van der Waals surface area contributed by atoms with Crippen LogP contribution in [0.15, 0.2) is 40.2 Å². The molecule has 1 aromatic heterocycles. The number of hydrogen-bond acceptors (Lipinski definition) is 5. The summed E-state index contributed by atoms with van der Waals surface area (Å²) in [5, 5.41) is 8.03. The molecule has 0 saturated heterocycles. The molecule has 1 heterocycles. The number of hydrogen-bond donors (Lipinski definition) is 3. The van der Waals surface area contributed by atoms with E-state index in [0.717, 1.165) is 3.79 Å². The van der Waals surface area contributed by atoms with Gasteiger partial charge in [0.25, 0.3) is 11.8 Å². The lowest BCUT2D eigenvalue weighted by molar-refractivity contribution is -0.122. The number of carbonyl (C=O) groups is 3. The molecule has 7 nitrogen and oxygen atoms in total. The third kappa shape index (κ3) is 6.37. The number of amides is 3. The van der Waals surface area contributed by atoms with E-state index in [1.54, 1.807) is 50.4 Å². The van der Waals surface area contributed by atoms with Crippen molar-refractivity contribution in [1.82, 2.24) is 16.0 Å². The van der Waals surface area contributed by atoms with Crippen molar-refractivity contribution in [3.05, 3.63) is 50.6 Å². The lowest BCUT2D eigenvalue weighted by Gasteiger charge is -2.14. The highest BCUT2D eigenvalue weighted by Crippen LogP contribution is 2.21. The van der Waals surface area contributed by atoms with Crippen LogP contribution in [0.3, 0.4) is 0 Å². The normalized spacial score (nSPS) is 11.4. The van der Waals surface area contributed by atoms with Crippen molar-refractivity contribution >= 4 is 45.0 Å². The molecule has 0 bridgehead atoms. The average molecular weight is 454 g/mol. The quantitative estimate of drug-likeness (QED) is 0.533. The minimum absolute atomic E-state index is 0.239. The average Bonchev–Trinajstić information content (AvgIpc) is 3.11. The maximum absolute atomic E-state index is 12.0. The van der Waals surface area contributed by atoms with Crippen LogP contribution in [0.2, 0.25) is 0 Å². The second-order valence-electron chi connectivity index (χ2n) is 5.57. The highest BCUT2D eigenvalue weighted by molar-refractivity contribution is 9.11. The summed E-state index contributed by atoms with van der Waals surface area (Å²) in [5.41, 5.74) is 0.505. The van der Waals surface area contributed by atoms with Crippen molar-refractivity contribution in [3.8, 4) is 5.75 Å². The number of benzene rings is 1. The van der Waals surface area contributed by atoms with E-state index in [0.29, 0.717) is 16.2 Å². The van der Waals surface area contributed by atoms with Gasteiger partial charge in [-0.1, -0.05) is 0 Å². The number of ether oxygens (including phenoxy) is 1. The Bertz CT molecular complexity index is 807. The third-order valence-corrected chi connectivity index (χ3v) is 5.22. The number of carbonyl (C=O) groups excluding carboxylic acids is 3. The van der Waals surface area contributed by atoms with E-state index < -0.39 is 6.04 Å². The number of nitrogens with one attached hydrogen (secondary N) is 3. The van der Waals surface area contributed by atoms with Crippen LogP contribution in [0.25, 0.3) is 0 Å². The Balaban J connectivity index is 1.70. The predicted octanol–water partition coefficient (Wildman–Crippen LogP) is 2.18. The number of halogens is 1. The van der Waals surface area contributed by atoms with E-state index in [1.165, 1.54) is 11.3 Å². The first-order chi connectivity index (χ1) is 12.9. The summed E-state index contributed by atoms with van der Waals surface area (Å²) < 4.78 is 5.89. The summed E-state index contributed by atoms with van der Waals surface area (Å²) in [6.07, 6.45) is 0. The minimum atomic E-state index is -0.685. The molecule has 3 N–H and O–H groups in total. The number of rotatable bonds is 8. The van der Waals surface area contributed by atoms with Gasteiger partial charge < -0.3 is 20.7 Å². The van der Waals surface area contributed by atoms with Gasteiger partial charge in [0.2, 0.25) is 5.91 Å². The Morgan fingerprint density at radius 1 is 1.04 bits per heavy atom. The second kappa shape index (κ2) is 10.1. The van der Waals surface area contributed by atoms with Crippen LogP contribution in [-0.4, -0.2) is 44.0 Å². The van der Waals surface area contributed by atoms with Crippen LogP contribution in [-0.2, 0) is 4.79 Å². The van der Waals surface area contributed by atoms with Crippen molar-refractivity contribution in [2.75, 3.05) is 20.2 Å². The molecule has 27 heavy (non-hydrogen) atoms. The highest BCUT2D eigenvalue weighted by atomic mass is 79.9. The minimum Gasteiger partial charge on any atom is -0.497 e. The van der Waals surface area contributed by atoms with E-state index in [9.17, 15) is 14.4 Å². The molecule has 0 fully saturated rings. The number of methoxy groups -OCH3 is 1. The molecule has 1 unspecified atom stereocenters. The molecule has 3 amide bonds. The monoisotopic (exact) mass is 453 g/mol. The van der Waals surface area contributed by atoms with Gasteiger partial charge in [0.05, 0.1) is 15.8 Å². The molecule has 0 spiro atoms. The van der Waals surface area contributed by atoms with E-state index in [4.69, 9.17) is 4.74 Å². The van der Waals surface area contributed by atoms with Gasteiger partial charge in [0, 0.05) is 18.7 Å². The van der Waals surface area contributed by atoms with Crippen LogP contribution >= 0.6 is 27.3 Å². The lowest BCUT2D eigenvalue weighted by atomic mass is 10.2. The van der Waals surface area contributed by atoms with Crippen LogP contribution in [0.1, 0.15) is 27.0 Å². The predicted molar refractivity (Wildman–Crippen MR) is 107 cm³/mol. The molecule has 9 heteroatoms. The molecule has 0 aliphatic carbocycles. The summed E-state index contributed by atoms with van der Waals surface area (Å²) in [7, 11) is 1.56. The van der Waals surface area contributed by atoms with Crippen molar-refractivity contribution in [1.29, 1.82) is 0 Å². The molecular formula is C18H20BrN3O4S. The first kappa shape index (κ1) is 20.9. The lowest BCUT2D eigenvalue weighted by Crippen LogP contribution is -2.46. The summed E-state index contributed by atoms with van der Waals surface area (Å²) in [5.74, 6) is -0.194. The van der Waals surface area contributed by atoms with Crippen molar-refractivity contribution in [2.45, 2.75) is 13.0 Å². The number of thiophene rings is 1. The summed E-state index contributed by atoms with van der Waals surface area (Å²) >= 11 is 4.58. The van der Waals surface area contributed by atoms with Crippen LogP contribution in [0, 0.1) is 0 Å². The molecule has 2 aromatic rings. The molecule has 1 aromatic carbocycles. The molecule has 0 aliphatic heterocycles. The van der Waals surface area contributed by atoms with Crippen LogP contribution < -0.4 is 20.7 Å². The maximum Gasteiger partial charge on any atom is 0.262 e. The Morgan fingerprint density at radius 3 is 2.30 bits per heavy atom. The van der Waals surface area contributed by atoms with Gasteiger partial charge in [-0.05, 0) is 59.3 Å². The first-order valence-corrected chi connectivity index (χ1v) is 9.78. The Labute approximate surface area is 169 Å². The standard InChI is InChI=1S/C18H20BrN3O4S/c1-11(22-18(25)14-7-8-15(19)27-14)16(23)20-9-10-21-17(24)12-3-5-13(26-2)6-4-12/h3-8,11H,9-10H2,1-2H3,(H,20,23)(H,21,24)(H,22,25). The summed E-state index contributed by atoms with van der Waals surface area (Å²) in [6.45, 7) is 2.13. The van der Waals surface area contributed by atoms with Gasteiger partial charge in [-0.2, -0.15) is 0 Å². The molecule has 2 rings (SSSR count). The van der Waals surface area contributed by atoms with Crippen LogP contribution in [0.5, 0.6) is 5.75 Å². The van der Waals surface area contributed by atoms with E-state index >= 15 is 0 Å². The van der Waals surface area contributed by atoms with Crippen LogP contribution in [0.4, 0.5) is 0 Å². The first-order valence-electron chi connectivity index (χ1n) is 8.17. The Morgan fingerprint density at radius 2 is 1.70 bits per heavy atom. The fraction of sp³-hybridized carbons (Fsp3) is 0.278. The highest BCUT2D eigenvalue weighted by Gasteiger charge is 2.17. The van der Waals surface area contributed by atoms with Gasteiger partial charge in [-0.3, -0.25) is 14.4 Å². The molecule has 1 atom stereocenters. The summed E-state index contributed by atoms with van der Waals surface area (Å²) in [6, 6.07) is 9.50. The Kier molecular flexibility index (Phi) is 7.81. The fourth-order valence-electron chi connectivity index (χ4n) is 2.13. The van der Waals surface area contributed by atoms with Gasteiger partial charge in [0.15, 0.2) is 0 Å². The molecular weight excluding hydrogens is 434 g/mol. The topological polar surface area (TPSA) is 96.5 Å². The summed E-state index contributed by atoms with van der Waals surface area (Å²) in [4.78, 5) is 36.6. The molecule has 0 aliphatic rings. The maximum atomic E-state index is 12.0. The SMILES string of the molecule is COc1ccc(C(=O)NCCNC(=O)C(C)NC(=O)c2ccc(Br)s2)cc1. The van der Waals surface area contributed by atoms with E-state index in [2.05, 4.69) is 31.9 Å². The van der Waals surface area contributed by atoms with Crippen molar-refractivity contribution < 1.29 is 19.1 Å². The van der Waals surface area contributed by atoms with Gasteiger partial charge in [-0.15, -0.1) is 11.3 Å². The molecule has 0 saturated carbocycles. The second-order valence-corrected chi connectivity index (χ2v) is 8.04. The Hall–Kier alpha value is -2.39. The van der Waals surface area contributed by atoms with Gasteiger partial charge in [-0.25, -0.2) is 0 Å². The smallest absolute Gasteiger partial charge is 0.262 e. The zero-order chi connectivity index (χ0) is 19.8. The van der Waals surface area contributed by atoms with E-state index in [1.807, 2.05) is 0 Å². The van der Waals surface area contributed by atoms with Gasteiger partial charge in [0.1, 0.15) is 11.8 Å². The van der Waals surface area contributed by atoms with E-state index in [-0.39, 0.29) is 30.8 Å². The largest absolute Gasteiger partial charge is 0.497 e. The van der Waals surface area contributed by atoms with Gasteiger partial charge >= 0.3 is 0 Å². The van der Waals surface area contributed by atoms with Crippen molar-refractivity contribution in [3.63, 3.8) is 0 Å². The zero-order valence-corrected chi connectivity index (χ0v) is 17.3. The molecule has 0 radical (unpaired) electrons.